The minimum atomic E-state index is -1.40. The van der Waals surface area contributed by atoms with Crippen LogP contribution < -0.4 is 0 Å². The van der Waals surface area contributed by atoms with E-state index in [1.807, 2.05) is 0 Å². The van der Waals surface area contributed by atoms with Crippen molar-refractivity contribution in [3.05, 3.63) is 0 Å². The molecule has 4 unspecified atom stereocenters. The van der Waals surface area contributed by atoms with Crippen LogP contribution in [-0.2, 0) is 39.3 Å². The highest BCUT2D eigenvalue weighted by Gasteiger charge is 2.16. The van der Waals surface area contributed by atoms with Gasteiger partial charge in [-0.3, -0.25) is 0 Å². The van der Waals surface area contributed by atoms with Crippen LogP contribution in [0.2, 0.25) is 0 Å². The van der Waals surface area contributed by atoms with Gasteiger partial charge in [0.1, 0.15) is 39.3 Å². The second kappa shape index (κ2) is 8.66. The zero-order valence-corrected chi connectivity index (χ0v) is 13.8. The smallest absolute Gasteiger partial charge is 0.113 e. The lowest BCUT2D eigenvalue weighted by Crippen LogP contribution is -2.17. The molecule has 0 radical (unpaired) electrons. The average molecular weight is 321 g/mol. The van der Waals surface area contributed by atoms with E-state index in [1.54, 1.807) is 27.7 Å². The first-order chi connectivity index (χ1) is 7.77. The van der Waals surface area contributed by atoms with Gasteiger partial charge in [0.2, 0.25) is 0 Å². The fourth-order valence-corrected chi connectivity index (χ4v) is 7.29. The minimum Gasteiger partial charge on any atom is -0.245 e. The molecule has 104 valence electrons. The Labute approximate surface area is 112 Å². The van der Waals surface area contributed by atoms with Crippen molar-refractivity contribution in [3.8, 4) is 0 Å². The van der Waals surface area contributed by atoms with Crippen molar-refractivity contribution in [2.75, 3.05) is 11.5 Å². The van der Waals surface area contributed by atoms with Crippen LogP contribution >= 0.6 is 0 Å². The van der Waals surface area contributed by atoms with Gasteiger partial charge in [-0.25, -0.2) is 16.8 Å². The first-order valence-corrected chi connectivity index (χ1v) is 11.5. The molecule has 0 aliphatic heterocycles. The van der Waals surface area contributed by atoms with Gasteiger partial charge < -0.3 is 0 Å². The summed E-state index contributed by atoms with van der Waals surface area (Å²) in [5.41, 5.74) is 0. The molecule has 0 bridgehead atoms. The SMILES string of the molecule is CC(C)S(=O)S(=O)CCCS(=O)S(=O)C(C)C. The van der Waals surface area contributed by atoms with E-state index in [9.17, 15) is 16.8 Å². The molecule has 0 N–H and O–H groups in total. The van der Waals surface area contributed by atoms with E-state index in [0.717, 1.165) is 0 Å². The lowest BCUT2D eigenvalue weighted by Gasteiger charge is -2.06. The Hall–Kier alpha value is 0.600. The zero-order chi connectivity index (χ0) is 13.6. The standard InChI is InChI=1S/C9H20O4S4/c1-8(2)16(12)14(10)6-5-7-15(11)17(13)9(3)4/h8-9H,5-7H2,1-4H3. The van der Waals surface area contributed by atoms with Gasteiger partial charge in [-0.15, -0.1) is 0 Å². The van der Waals surface area contributed by atoms with Crippen LogP contribution in [0.1, 0.15) is 34.1 Å². The zero-order valence-electron chi connectivity index (χ0n) is 10.5. The molecule has 0 aliphatic carbocycles. The van der Waals surface area contributed by atoms with Crippen LogP contribution in [0.3, 0.4) is 0 Å². The first kappa shape index (κ1) is 17.6. The van der Waals surface area contributed by atoms with E-state index in [-0.39, 0.29) is 22.0 Å². The highest BCUT2D eigenvalue weighted by molar-refractivity contribution is 8.61. The Morgan fingerprint density at radius 2 is 1.00 bits per heavy atom. The van der Waals surface area contributed by atoms with E-state index < -0.39 is 39.3 Å². The monoisotopic (exact) mass is 320 g/mol. The van der Waals surface area contributed by atoms with E-state index in [1.165, 1.54) is 0 Å². The summed E-state index contributed by atoms with van der Waals surface area (Å²) in [5.74, 6) is 0.512. The lowest BCUT2D eigenvalue weighted by atomic mass is 10.6. The van der Waals surface area contributed by atoms with Crippen LogP contribution in [0.25, 0.3) is 0 Å². The predicted molar refractivity (Wildman–Crippen MR) is 77.2 cm³/mol. The average Bonchev–Trinajstić information content (AvgIpc) is 2.26. The van der Waals surface area contributed by atoms with Crippen molar-refractivity contribution in [1.82, 2.24) is 0 Å². The summed E-state index contributed by atoms with van der Waals surface area (Å²) in [5, 5.41) is -0.266. The third-order valence-electron chi connectivity index (χ3n) is 1.76. The molecular formula is C9H20O4S4. The van der Waals surface area contributed by atoms with Crippen LogP contribution in [0, 0.1) is 0 Å². The maximum Gasteiger partial charge on any atom is 0.113 e. The van der Waals surface area contributed by atoms with Gasteiger partial charge in [0.15, 0.2) is 0 Å². The van der Waals surface area contributed by atoms with Crippen molar-refractivity contribution in [1.29, 1.82) is 0 Å². The second-order valence-electron chi connectivity index (χ2n) is 3.99. The summed E-state index contributed by atoms with van der Waals surface area (Å²) in [4.78, 5) is 0. The second-order valence-corrected chi connectivity index (χ2v) is 13.1. The van der Waals surface area contributed by atoms with E-state index in [2.05, 4.69) is 0 Å². The van der Waals surface area contributed by atoms with E-state index >= 15 is 0 Å². The van der Waals surface area contributed by atoms with Crippen molar-refractivity contribution in [3.63, 3.8) is 0 Å². The van der Waals surface area contributed by atoms with Crippen LogP contribution in [0.5, 0.6) is 0 Å². The first-order valence-electron chi connectivity index (χ1n) is 5.36. The Kier molecular flexibility index (Phi) is 8.96. The summed E-state index contributed by atoms with van der Waals surface area (Å²) in [6.45, 7) is 7.00. The largest absolute Gasteiger partial charge is 0.245 e. The topological polar surface area (TPSA) is 68.3 Å². The Bertz CT molecular complexity index is 306. The Morgan fingerprint density at radius 1 is 0.706 bits per heavy atom. The molecule has 0 aromatic heterocycles. The summed E-state index contributed by atoms with van der Waals surface area (Å²) >= 11 is 0. The van der Waals surface area contributed by atoms with Gasteiger partial charge in [-0.2, -0.15) is 0 Å². The molecule has 0 aromatic rings. The summed E-state index contributed by atoms with van der Waals surface area (Å²) in [6.07, 6.45) is 0.427. The van der Waals surface area contributed by atoms with Crippen LogP contribution in [-0.4, -0.2) is 38.8 Å². The summed E-state index contributed by atoms with van der Waals surface area (Å²) < 4.78 is 45.9. The van der Waals surface area contributed by atoms with E-state index in [0.29, 0.717) is 6.42 Å². The van der Waals surface area contributed by atoms with Gasteiger partial charge in [0.25, 0.3) is 0 Å². The molecule has 0 saturated carbocycles. The van der Waals surface area contributed by atoms with Crippen molar-refractivity contribution in [2.24, 2.45) is 0 Å². The number of hydrogen-bond donors (Lipinski definition) is 0. The molecule has 0 fully saturated rings. The molecule has 4 atom stereocenters. The molecule has 0 aliphatic rings. The highest BCUT2D eigenvalue weighted by atomic mass is 33.1. The number of rotatable bonds is 8. The van der Waals surface area contributed by atoms with Gasteiger partial charge in [0, 0.05) is 22.0 Å². The Balaban J connectivity index is 4.01. The molecule has 4 nitrogen and oxygen atoms in total. The third kappa shape index (κ3) is 6.93. The lowest BCUT2D eigenvalue weighted by molar-refractivity contribution is 0.670. The quantitative estimate of drug-likeness (QED) is 0.626. The van der Waals surface area contributed by atoms with Gasteiger partial charge in [-0.1, -0.05) is 27.7 Å². The van der Waals surface area contributed by atoms with Crippen molar-refractivity contribution < 1.29 is 16.8 Å². The fraction of sp³-hybridized carbons (Fsp3) is 1.00. The van der Waals surface area contributed by atoms with Crippen LogP contribution in [0.4, 0.5) is 0 Å². The molecule has 0 spiro atoms. The fourth-order valence-electron chi connectivity index (χ4n) is 0.888. The normalized spacial score (nSPS) is 19.2. The third-order valence-corrected chi connectivity index (χ3v) is 10.8. The predicted octanol–water partition coefficient (Wildman–Crippen LogP) is 1.02. The molecule has 8 heteroatoms. The summed E-state index contributed by atoms with van der Waals surface area (Å²) in [6, 6.07) is 0. The van der Waals surface area contributed by atoms with Crippen molar-refractivity contribution in [2.45, 2.75) is 44.6 Å². The molecule has 0 heterocycles. The number of hydrogen-bond acceptors (Lipinski definition) is 4. The van der Waals surface area contributed by atoms with Crippen molar-refractivity contribution >= 4 is 39.3 Å². The summed E-state index contributed by atoms with van der Waals surface area (Å²) in [7, 11) is -5.50. The van der Waals surface area contributed by atoms with Crippen LogP contribution in [0.15, 0.2) is 0 Å². The van der Waals surface area contributed by atoms with Gasteiger partial charge >= 0.3 is 0 Å². The minimum absolute atomic E-state index is 0.133. The molecular weight excluding hydrogens is 300 g/mol. The van der Waals surface area contributed by atoms with Gasteiger partial charge in [-0.05, 0) is 6.42 Å². The maximum absolute atomic E-state index is 11.5. The van der Waals surface area contributed by atoms with E-state index in [4.69, 9.17) is 0 Å². The molecule has 0 saturated heterocycles. The maximum atomic E-state index is 11.5. The Morgan fingerprint density at radius 3 is 1.24 bits per heavy atom. The molecule has 0 aromatic carbocycles. The molecule has 0 amide bonds. The highest BCUT2D eigenvalue weighted by Crippen LogP contribution is 2.06. The molecule has 0 rings (SSSR count). The molecule has 17 heavy (non-hydrogen) atoms. The van der Waals surface area contributed by atoms with Gasteiger partial charge in [0.05, 0.1) is 0 Å².